The van der Waals surface area contributed by atoms with Crippen molar-refractivity contribution in [1.29, 1.82) is 0 Å². The van der Waals surface area contributed by atoms with Crippen LogP contribution in [0.5, 0.6) is 0 Å². The number of rotatable bonds is 11. The van der Waals surface area contributed by atoms with Gasteiger partial charge in [-0.1, -0.05) is 44.5 Å². The summed E-state index contributed by atoms with van der Waals surface area (Å²) in [4.78, 5) is 13.6. The standard InChI is InChI=1S/C17H26INO2S2/c1-8-16(14(5)21-7)13(4)17(20)19(18)15(6)23-12(3)10-11-22-9-2/h8,13H,1,3,6,9-11H2,2,4-5,7H3/b16-14-. The van der Waals surface area contributed by atoms with Crippen molar-refractivity contribution in [2.24, 2.45) is 5.92 Å². The van der Waals surface area contributed by atoms with Crippen molar-refractivity contribution in [2.75, 3.05) is 18.6 Å². The quantitative estimate of drug-likeness (QED) is 0.127. The monoisotopic (exact) mass is 467 g/mol. The summed E-state index contributed by atoms with van der Waals surface area (Å²) in [5.41, 5.74) is 0.787. The highest BCUT2D eigenvalue weighted by Gasteiger charge is 2.25. The summed E-state index contributed by atoms with van der Waals surface area (Å²) in [5, 5.41) is 0.674. The van der Waals surface area contributed by atoms with E-state index in [1.54, 1.807) is 16.3 Å². The van der Waals surface area contributed by atoms with Crippen molar-refractivity contribution in [1.82, 2.24) is 3.11 Å². The Kier molecular flexibility index (Phi) is 11.9. The van der Waals surface area contributed by atoms with E-state index in [4.69, 9.17) is 4.74 Å². The first-order valence-corrected chi connectivity index (χ1v) is 10.2. The summed E-state index contributed by atoms with van der Waals surface area (Å²) in [6.45, 7) is 17.6. The van der Waals surface area contributed by atoms with E-state index in [-0.39, 0.29) is 11.8 Å². The summed E-state index contributed by atoms with van der Waals surface area (Å²) in [5.74, 6) is 2.45. The van der Waals surface area contributed by atoms with E-state index in [1.807, 2.05) is 48.5 Å². The third-order valence-electron chi connectivity index (χ3n) is 3.17. The number of amides is 1. The molecule has 0 N–H and O–H groups in total. The van der Waals surface area contributed by atoms with Crippen LogP contribution in [0.3, 0.4) is 0 Å². The molecule has 0 saturated carbocycles. The Bertz CT molecular complexity index is 489. The van der Waals surface area contributed by atoms with E-state index in [1.165, 1.54) is 11.8 Å². The van der Waals surface area contributed by atoms with Crippen molar-refractivity contribution >= 4 is 52.3 Å². The molecule has 0 heterocycles. The molecule has 0 fully saturated rings. The molecule has 6 heteroatoms. The maximum absolute atomic E-state index is 12.6. The van der Waals surface area contributed by atoms with Crippen LogP contribution in [-0.2, 0) is 9.53 Å². The number of ether oxygens (including phenoxy) is 1. The Morgan fingerprint density at radius 2 is 2.04 bits per heavy atom. The molecule has 0 aromatic rings. The van der Waals surface area contributed by atoms with Gasteiger partial charge in [-0.05, 0) is 36.7 Å². The van der Waals surface area contributed by atoms with Crippen LogP contribution in [-0.4, -0.2) is 27.6 Å². The lowest BCUT2D eigenvalue weighted by molar-refractivity contribution is -0.126. The largest absolute Gasteiger partial charge is 0.501 e. The van der Waals surface area contributed by atoms with Gasteiger partial charge in [-0.3, -0.25) is 4.79 Å². The predicted molar refractivity (Wildman–Crippen MR) is 113 cm³/mol. The number of thioether (sulfide) groups is 2. The van der Waals surface area contributed by atoms with E-state index in [0.29, 0.717) is 10.8 Å². The number of hydrogen-bond donors (Lipinski definition) is 0. The number of carbonyl (C=O) groups is 1. The number of carbonyl (C=O) groups excluding carboxylic acids is 1. The van der Waals surface area contributed by atoms with Crippen LogP contribution in [0.2, 0.25) is 0 Å². The average Bonchev–Trinajstić information content (AvgIpc) is 2.53. The van der Waals surface area contributed by atoms with E-state index >= 15 is 0 Å². The van der Waals surface area contributed by atoms with Gasteiger partial charge in [0, 0.05) is 5.57 Å². The molecule has 1 amide bonds. The first-order valence-electron chi connectivity index (χ1n) is 7.29. The Labute approximate surface area is 163 Å². The lowest BCUT2D eigenvalue weighted by atomic mass is 9.99. The first kappa shape index (κ1) is 22.7. The van der Waals surface area contributed by atoms with Crippen LogP contribution >= 0.6 is 46.4 Å². The van der Waals surface area contributed by atoms with E-state index in [2.05, 4.69) is 26.7 Å². The number of allylic oxidation sites excluding steroid dienone is 3. The van der Waals surface area contributed by atoms with Crippen molar-refractivity contribution in [3.63, 3.8) is 0 Å². The smallest absolute Gasteiger partial charge is 0.243 e. The van der Waals surface area contributed by atoms with Crippen molar-refractivity contribution in [3.8, 4) is 0 Å². The maximum Gasteiger partial charge on any atom is 0.243 e. The second-order valence-corrected chi connectivity index (χ2v) is 8.35. The molecule has 0 aliphatic carbocycles. The fourth-order valence-corrected chi connectivity index (χ4v) is 3.99. The number of halogens is 1. The Balaban J connectivity index is 4.78. The molecule has 0 aliphatic rings. The number of nitrogens with zero attached hydrogens (tertiary/aromatic N) is 1. The molecule has 23 heavy (non-hydrogen) atoms. The van der Waals surface area contributed by atoms with Gasteiger partial charge >= 0.3 is 0 Å². The van der Waals surface area contributed by atoms with Crippen LogP contribution in [0.4, 0.5) is 0 Å². The summed E-state index contributed by atoms with van der Waals surface area (Å²) in [6, 6.07) is 0. The van der Waals surface area contributed by atoms with Crippen LogP contribution in [0.25, 0.3) is 0 Å². The Morgan fingerprint density at radius 1 is 1.43 bits per heavy atom. The molecule has 0 aliphatic heterocycles. The van der Waals surface area contributed by atoms with Gasteiger partial charge in [0.1, 0.15) is 0 Å². The van der Waals surface area contributed by atoms with Crippen LogP contribution in [0.15, 0.2) is 47.1 Å². The lowest BCUT2D eigenvalue weighted by Crippen LogP contribution is -2.26. The van der Waals surface area contributed by atoms with Gasteiger partial charge in [-0.2, -0.15) is 11.8 Å². The zero-order valence-corrected chi connectivity index (χ0v) is 18.1. The Hall–Kier alpha value is -0.340. The molecule has 0 rings (SSSR count). The van der Waals surface area contributed by atoms with Gasteiger partial charge in [0.05, 0.1) is 46.7 Å². The fraction of sp³-hybridized carbons (Fsp3) is 0.471. The minimum absolute atomic E-state index is 0.0508. The molecule has 0 aromatic carbocycles. The maximum atomic E-state index is 12.6. The van der Waals surface area contributed by atoms with Crippen molar-refractivity contribution in [2.45, 2.75) is 27.2 Å². The molecule has 0 radical (unpaired) electrons. The molecular formula is C17H26INO2S2. The Morgan fingerprint density at radius 3 is 2.52 bits per heavy atom. The number of hydrogen-bond acceptors (Lipinski definition) is 4. The molecule has 3 nitrogen and oxygen atoms in total. The van der Waals surface area contributed by atoms with E-state index < -0.39 is 0 Å². The summed E-state index contributed by atoms with van der Waals surface area (Å²) in [7, 11) is 1.59. The minimum Gasteiger partial charge on any atom is -0.501 e. The summed E-state index contributed by atoms with van der Waals surface area (Å²) >= 11 is 5.33. The van der Waals surface area contributed by atoms with Crippen molar-refractivity contribution in [3.05, 3.63) is 47.1 Å². The highest BCUT2D eigenvalue weighted by Crippen LogP contribution is 2.33. The molecule has 130 valence electrons. The molecule has 0 saturated heterocycles. The molecule has 0 spiro atoms. The molecule has 0 bridgehead atoms. The third-order valence-corrected chi connectivity index (χ3v) is 6.37. The zero-order chi connectivity index (χ0) is 18.0. The SMILES string of the molecule is C=C/C(=C(\C)OC)C(C)C(=O)N(I)C(=C)SC(=C)CCSCC. The zero-order valence-electron chi connectivity index (χ0n) is 14.4. The normalized spacial score (nSPS) is 12.9. The van der Waals surface area contributed by atoms with Crippen molar-refractivity contribution < 1.29 is 9.53 Å². The van der Waals surface area contributed by atoms with E-state index in [0.717, 1.165) is 28.4 Å². The fourth-order valence-electron chi connectivity index (χ4n) is 1.76. The highest BCUT2D eigenvalue weighted by atomic mass is 127. The van der Waals surface area contributed by atoms with Gasteiger partial charge in [0.25, 0.3) is 0 Å². The topological polar surface area (TPSA) is 29.5 Å². The van der Waals surface area contributed by atoms with Gasteiger partial charge in [-0.15, -0.1) is 0 Å². The second-order valence-electron chi connectivity index (χ2n) is 4.74. The average molecular weight is 467 g/mol. The predicted octanol–water partition coefficient (Wildman–Crippen LogP) is 5.77. The van der Waals surface area contributed by atoms with Gasteiger partial charge in [-0.25, -0.2) is 3.11 Å². The summed E-state index contributed by atoms with van der Waals surface area (Å²) in [6.07, 6.45) is 2.58. The lowest BCUT2D eigenvalue weighted by Gasteiger charge is -2.22. The van der Waals surface area contributed by atoms with Gasteiger partial charge < -0.3 is 4.74 Å². The third kappa shape index (κ3) is 7.85. The van der Waals surface area contributed by atoms with Gasteiger partial charge in [0.15, 0.2) is 0 Å². The highest BCUT2D eigenvalue weighted by molar-refractivity contribution is 14.1. The van der Waals surface area contributed by atoms with Crippen LogP contribution in [0, 0.1) is 5.92 Å². The van der Waals surface area contributed by atoms with Crippen LogP contribution < -0.4 is 0 Å². The van der Waals surface area contributed by atoms with Gasteiger partial charge in [0.2, 0.25) is 5.91 Å². The first-order chi connectivity index (χ1) is 10.8. The molecule has 1 atom stereocenters. The molecular weight excluding hydrogens is 441 g/mol. The number of methoxy groups -OCH3 is 1. The minimum atomic E-state index is -0.342. The summed E-state index contributed by atoms with van der Waals surface area (Å²) < 4.78 is 6.78. The second kappa shape index (κ2) is 12.1. The van der Waals surface area contributed by atoms with Crippen LogP contribution in [0.1, 0.15) is 27.2 Å². The van der Waals surface area contributed by atoms with E-state index in [9.17, 15) is 4.79 Å². The molecule has 0 aromatic heterocycles. The molecule has 1 unspecified atom stereocenters.